The van der Waals surface area contributed by atoms with Crippen LogP contribution < -0.4 is 11.1 Å². The number of hydrogen-bond acceptors (Lipinski definition) is 4. The summed E-state index contributed by atoms with van der Waals surface area (Å²) >= 11 is 0. The number of amidine groups is 1. The van der Waals surface area contributed by atoms with E-state index in [9.17, 15) is 0 Å². The number of hydrogen-bond donors (Lipinski definition) is 2. The molecule has 1 aliphatic heterocycles. The van der Waals surface area contributed by atoms with Crippen molar-refractivity contribution >= 4 is 5.84 Å². The van der Waals surface area contributed by atoms with Gasteiger partial charge in [0.05, 0.1) is 18.3 Å². The maximum Gasteiger partial charge on any atom is 0.104 e. The molecule has 1 aliphatic rings. The van der Waals surface area contributed by atoms with E-state index in [1.54, 1.807) is 0 Å². The highest BCUT2D eigenvalue weighted by atomic mass is 15.2. The predicted molar refractivity (Wildman–Crippen MR) is 179 cm³/mol. The molecule has 3 N–H and O–H groups in total. The lowest BCUT2D eigenvalue weighted by molar-refractivity contribution is 0.390. The van der Waals surface area contributed by atoms with Crippen LogP contribution in [0.25, 0.3) is 0 Å². The van der Waals surface area contributed by atoms with Crippen molar-refractivity contribution < 1.29 is 0 Å². The van der Waals surface area contributed by atoms with Crippen molar-refractivity contribution in [3.8, 4) is 0 Å². The third kappa shape index (κ3) is 8.58. The first-order chi connectivity index (χ1) is 20.3. The third-order valence-corrected chi connectivity index (χ3v) is 8.26. The van der Waals surface area contributed by atoms with Crippen LogP contribution in [0.4, 0.5) is 0 Å². The van der Waals surface area contributed by atoms with Crippen LogP contribution in [0.15, 0.2) is 120 Å². The summed E-state index contributed by atoms with van der Waals surface area (Å²) in [5.74, 6) is 1.48. The summed E-state index contributed by atoms with van der Waals surface area (Å²) in [5, 5.41) is 3.80. The van der Waals surface area contributed by atoms with Crippen LogP contribution >= 0.6 is 0 Å². The van der Waals surface area contributed by atoms with E-state index in [0.717, 1.165) is 55.9 Å². The standard InChI is InChI=1S/C38H48N4/c1-6-33(34-21-14-13-16-29(34)2)28-35(41-30(3)38(4,5)39)36-22-15-26-40-37(24-23-31-17-9-7-10-18-31)42(36)27-25-32-19-11-8-12-20-32/h7-21,33,35,41H,3,6,23-28,39H2,1-2,4-5H3/t33?,35-/m1/s1. The van der Waals surface area contributed by atoms with Gasteiger partial charge in [0.1, 0.15) is 5.84 Å². The Morgan fingerprint density at radius 1 is 0.952 bits per heavy atom. The molecule has 4 heteroatoms. The highest BCUT2D eigenvalue weighted by molar-refractivity contribution is 5.85. The fourth-order valence-corrected chi connectivity index (χ4v) is 5.62. The Kier molecular flexibility index (Phi) is 11.0. The minimum absolute atomic E-state index is 0.0306. The van der Waals surface area contributed by atoms with Crippen molar-refractivity contribution in [2.75, 3.05) is 13.1 Å². The smallest absolute Gasteiger partial charge is 0.104 e. The molecule has 1 heterocycles. The second kappa shape index (κ2) is 14.9. The van der Waals surface area contributed by atoms with Gasteiger partial charge in [-0.05, 0) is 80.7 Å². The maximum atomic E-state index is 6.56. The van der Waals surface area contributed by atoms with Crippen molar-refractivity contribution in [3.05, 3.63) is 137 Å². The molecule has 1 unspecified atom stereocenters. The maximum absolute atomic E-state index is 6.56. The van der Waals surface area contributed by atoms with E-state index in [1.165, 1.54) is 22.3 Å². The predicted octanol–water partition coefficient (Wildman–Crippen LogP) is 7.72. The van der Waals surface area contributed by atoms with Gasteiger partial charge in [-0.25, -0.2) is 0 Å². The summed E-state index contributed by atoms with van der Waals surface area (Å²) in [6, 6.07) is 30.2. The van der Waals surface area contributed by atoms with Gasteiger partial charge in [-0.15, -0.1) is 0 Å². The van der Waals surface area contributed by atoms with Crippen molar-refractivity contribution in [3.63, 3.8) is 0 Å². The minimum Gasteiger partial charge on any atom is -0.378 e. The third-order valence-electron chi connectivity index (χ3n) is 8.26. The highest BCUT2D eigenvalue weighted by Crippen LogP contribution is 2.31. The number of nitrogens with two attached hydrogens (primary N) is 1. The fraction of sp³-hybridized carbons (Fsp3) is 0.368. The molecule has 0 bridgehead atoms. The first-order valence-electron chi connectivity index (χ1n) is 15.4. The molecule has 0 aliphatic carbocycles. The Balaban J connectivity index is 1.71. The number of benzene rings is 3. The molecule has 0 radical (unpaired) electrons. The van der Waals surface area contributed by atoms with Crippen LogP contribution in [-0.2, 0) is 12.8 Å². The van der Waals surface area contributed by atoms with Crippen molar-refractivity contribution in [1.29, 1.82) is 0 Å². The monoisotopic (exact) mass is 560 g/mol. The molecule has 0 amide bonds. The summed E-state index contributed by atoms with van der Waals surface area (Å²) in [6.45, 7) is 14.4. The van der Waals surface area contributed by atoms with Crippen molar-refractivity contribution in [1.82, 2.24) is 10.2 Å². The van der Waals surface area contributed by atoms with Gasteiger partial charge in [0, 0.05) is 24.2 Å². The van der Waals surface area contributed by atoms with E-state index in [0.29, 0.717) is 12.5 Å². The van der Waals surface area contributed by atoms with Crippen LogP contribution in [0.1, 0.15) is 68.2 Å². The molecule has 2 atom stereocenters. The Bertz CT molecular complexity index is 1390. The van der Waals surface area contributed by atoms with Gasteiger partial charge >= 0.3 is 0 Å². The molecule has 42 heavy (non-hydrogen) atoms. The van der Waals surface area contributed by atoms with E-state index < -0.39 is 5.54 Å². The largest absolute Gasteiger partial charge is 0.378 e. The van der Waals surface area contributed by atoms with Gasteiger partial charge in [0.25, 0.3) is 0 Å². The lowest BCUT2D eigenvalue weighted by Gasteiger charge is -2.37. The number of rotatable bonds is 14. The molecule has 0 fully saturated rings. The first-order valence-corrected chi connectivity index (χ1v) is 15.4. The van der Waals surface area contributed by atoms with Crippen LogP contribution in [-0.4, -0.2) is 35.4 Å². The molecule has 0 spiro atoms. The number of aryl methyl sites for hydroxylation is 2. The lowest BCUT2D eigenvalue weighted by Crippen LogP contribution is -2.48. The van der Waals surface area contributed by atoms with Gasteiger partial charge in [0.15, 0.2) is 0 Å². The number of nitrogens with one attached hydrogen (secondary N) is 1. The molecule has 220 valence electrons. The van der Waals surface area contributed by atoms with Gasteiger partial charge in [-0.1, -0.05) is 104 Å². The lowest BCUT2D eigenvalue weighted by atomic mass is 9.85. The van der Waals surface area contributed by atoms with Gasteiger partial charge in [-0.2, -0.15) is 0 Å². The zero-order chi connectivity index (χ0) is 30.0. The zero-order valence-corrected chi connectivity index (χ0v) is 25.9. The van der Waals surface area contributed by atoms with Crippen molar-refractivity contribution in [2.45, 2.75) is 77.3 Å². The molecule has 0 saturated heterocycles. The van der Waals surface area contributed by atoms with Crippen LogP contribution in [0, 0.1) is 6.92 Å². The quantitative estimate of drug-likeness (QED) is 0.199. The number of aliphatic imine (C=N–C) groups is 1. The average Bonchev–Trinajstić information content (AvgIpc) is 3.20. The summed E-state index contributed by atoms with van der Waals surface area (Å²) in [7, 11) is 0. The van der Waals surface area contributed by atoms with Crippen molar-refractivity contribution in [2.24, 2.45) is 10.7 Å². The van der Waals surface area contributed by atoms with Crippen LogP contribution in [0.5, 0.6) is 0 Å². The molecule has 3 aromatic carbocycles. The minimum atomic E-state index is -0.559. The Morgan fingerprint density at radius 2 is 1.57 bits per heavy atom. The Morgan fingerprint density at radius 3 is 2.19 bits per heavy atom. The average molecular weight is 561 g/mol. The second-order valence-electron chi connectivity index (χ2n) is 12.0. The topological polar surface area (TPSA) is 53.7 Å². The Hall–Kier alpha value is -3.85. The zero-order valence-electron chi connectivity index (χ0n) is 25.9. The van der Waals surface area contributed by atoms with E-state index in [1.807, 2.05) is 13.8 Å². The molecular formula is C38H48N4. The van der Waals surface area contributed by atoms with E-state index >= 15 is 0 Å². The summed E-state index contributed by atoms with van der Waals surface area (Å²) < 4.78 is 0. The van der Waals surface area contributed by atoms with E-state index in [4.69, 9.17) is 10.7 Å². The molecule has 4 rings (SSSR count). The molecule has 4 nitrogen and oxygen atoms in total. The van der Waals surface area contributed by atoms with E-state index in [-0.39, 0.29) is 6.04 Å². The fourth-order valence-electron chi connectivity index (χ4n) is 5.62. The van der Waals surface area contributed by atoms with Gasteiger partial charge in [-0.3, -0.25) is 4.99 Å². The molecular weight excluding hydrogens is 512 g/mol. The van der Waals surface area contributed by atoms with E-state index in [2.05, 4.69) is 127 Å². The molecule has 0 saturated carbocycles. The highest BCUT2D eigenvalue weighted by Gasteiger charge is 2.30. The Labute approximate surface area is 253 Å². The summed E-state index contributed by atoms with van der Waals surface area (Å²) in [5.41, 5.74) is 17.0. The van der Waals surface area contributed by atoms with Gasteiger partial charge in [0.2, 0.25) is 0 Å². The van der Waals surface area contributed by atoms with Crippen LogP contribution in [0.3, 0.4) is 0 Å². The van der Waals surface area contributed by atoms with Gasteiger partial charge < -0.3 is 16.0 Å². The number of nitrogens with zero attached hydrogens (tertiary/aromatic N) is 2. The molecule has 0 aromatic heterocycles. The SMILES string of the molecule is C=C(N[C@H](CC(CC)c1ccccc1C)C1=C=CCN=C(CCc2ccccc2)N1CCc1ccccc1)C(C)(C)N. The summed E-state index contributed by atoms with van der Waals surface area (Å²) in [6.07, 6.45) is 6.75. The summed E-state index contributed by atoms with van der Waals surface area (Å²) in [4.78, 5) is 7.52. The first kappa shape index (κ1) is 31.1. The molecule has 3 aromatic rings. The van der Waals surface area contributed by atoms with Crippen LogP contribution in [0.2, 0.25) is 0 Å². The normalized spacial score (nSPS) is 14.9. The second-order valence-corrected chi connectivity index (χ2v) is 12.0.